The highest BCUT2D eigenvalue weighted by Crippen LogP contribution is 2.40. The van der Waals surface area contributed by atoms with Crippen molar-refractivity contribution < 1.29 is 43.3 Å². The van der Waals surface area contributed by atoms with Crippen molar-refractivity contribution >= 4 is 52.8 Å². The van der Waals surface area contributed by atoms with E-state index >= 15 is 0 Å². The lowest BCUT2D eigenvalue weighted by molar-refractivity contribution is -0.182. The number of nitriles is 1. The van der Waals surface area contributed by atoms with E-state index in [0.717, 1.165) is 21.8 Å². The molecule has 312 valence electrons. The number of nitrogens with one attached hydrogen (secondary N) is 2. The van der Waals surface area contributed by atoms with Gasteiger partial charge >= 0.3 is 12.1 Å². The van der Waals surface area contributed by atoms with Gasteiger partial charge in [-0.15, -0.1) is 5.06 Å². The van der Waals surface area contributed by atoms with Crippen LogP contribution < -0.4 is 20.1 Å². The van der Waals surface area contributed by atoms with Crippen LogP contribution in [0, 0.1) is 11.3 Å². The Morgan fingerprint density at radius 3 is 2.31 bits per heavy atom. The minimum Gasteiger partial charge on any atom is -0.489 e. The van der Waals surface area contributed by atoms with E-state index in [1.54, 1.807) is 93.7 Å². The molecule has 2 aliphatic heterocycles. The molecule has 0 aliphatic carbocycles. The highest BCUT2D eigenvalue weighted by Gasteiger charge is 2.39. The standard InChI is InChI=1S/C45H39Cl2N5O9/c1-45(2,3)60-44(57)61-52-23-32-20-38-35(50-42(54)39(59-38)30-12-14-33(15-13-30)58-24-27-16-34(46)40(47)49-22-27)18-31(32)19-37(52)41(53)51-36(43(55)56)17-25-4-8-28(9-5-25)29-10-6-26(21-48)7-11-29/h4-16,18,20,22,36-37,39H,17,19,23-24H2,1-3H3,(H,50,54)(H,51,53)(H,55,56)/t36-,37?,39-/m0/s1. The molecule has 7 rings (SSSR count). The molecule has 4 aromatic carbocycles. The Bertz CT molecular complexity index is 2520. The number of benzene rings is 4. The van der Waals surface area contributed by atoms with Gasteiger partial charge in [-0.25, -0.2) is 14.6 Å². The van der Waals surface area contributed by atoms with Crippen molar-refractivity contribution in [1.82, 2.24) is 15.4 Å². The minimum absolute atomic E-state index is 0.0120. The summed E-state index contributed by atoms with van der Waals surface area (Å²) in [4.78, 5) is 62.5. The molecule has 2 aliphatic rings. The summed E-state index contributed by atoms with van der Waals surface area (Å²) in [7, 11) is 0. The van der Waals surface area contributed by atoms with E-state index in [9.17, 15) is 24.3 Å². The van der Waals surface area contributed by atoms with Crippen molar-refractivity contribution in [2.45, 2.75) is 70.6 Å². The Morgan fingerprint density at radius 1 is 0.984 bits per heavy atom. The molecular weight excluding hydrogens is 825 g/mol. The van der Waals surface area contributed by atoms with Gasteiger partial charge in [0.05, 0.1) is 28.9 Å². The van der Waals surface area contributed by atoms with E-state index < -0.39 is 47.7 Å². The molecule has 0 saturated heterocycles. The van der Waals surface area contributed by atoms with Crippen molar-refractivity contribution in [3.63, 3.8) is 0 Å². The van der Waals surface area contributed by atoms with Gasteiger partial charge in [-0.3, -0.25) is 9.59 Å². The topological polar surface area (TPSA) is 189 Å². The van der Waals surface area contributed by atoms with Gasteiger partial charge in [-0.1, -0.05) is 71.7 Å². The smallest absolute Gasteiger partial charge is 0.489 e. The largest absolute Gasteiger partial charge is 0.528 e. The van der Waals surface area contributed by atoms with Gasteiger partial charge in [0.15, 0.2) is 0 Å². The van der Waals surface area contributed by atoms with Crippen LogP contribution in [0.4, 0.5) is 10.5 Å². The van der Waals surface area contributed by atoms with Crippen molar-refractivity contribution in [3.05, 3.63) is 141 Å². The second-order valence-electron chi connectivity index (χ2n) is 15.4. The van der Waals surface area contributed by atoms with Gasteiger partial charge in [0, 0.05) is 30.2 Å². The van der Waals surface area contributed by atoms with Gasteiger partial charge in [0.2, 0.25) is 12.0 Å². The molecule has 61 heavy (non-hydrogen) atoms. The number of hydroxylamine groups is 2. The van der Waals surface area contributed by atoms with Gasteiger partial charge in [0.1, 0.15) is 40.9 Å². The van der Waals surface area contributed by atoms with Crippen molar-refractivity contribution in [1.29, 1.82) is 5.26 Å². The molecule has 0 spiro atoms. The Kier molecular flexibility index (Phi) is 12.5. The molecule has 1 aromatic heterocycles. The monoisotopic (exact) mass is 863 g/mol. The lowest BCUT2D eigenvalue weighted by Gasteiger charge is -2.36. The minimum atomic E-state index is -1.33. The van der Waals surface area contributed by atoms with Crippen molar-refractivity contribution in [2.24, 2.45) is 0 Å². The molecule has 0 fully saturated rings. The van der Waals surface area contributed by atoms with Gasteiger partial charge in [0.25, 0.3) is 5.91 Å². The number of carboxylic acids is 1. The first kappa shape index (κ1) is 42.5. The third-order valence-corrected chi connectivity index (χ3v) is 10.5. The Hall–Kier alpha value is -6.66. The molecule has 2 amide bonds. The Morgan fingerprint density at radius 2 is 1.67 bits per heavy atom. The number of nitrogens with zero attached hydrogens (tertiary/aromatic N) is 3. The maximum absolute atomic E-state index is 14.0. The van der Waals surface area contributed by atoms with Gasteiger partial charge in [-0.05, 0) is 91.1 Å². The second-order valence-corrected chi connectivity index (χ2v) is 16.2. The van der Waals surface area contributed by atoms with Crippen LogP contribution in [-0.4, -0.2) is 56.8 Å². The number of rotatable bonds is 11. The molecule has 14 nitrogen and oxygen atoms in total. The highest BCUT2D eigenvalue weighted by atomic mass is 35.5. The zero-order valence-electron chi connectivity index (χ0n) is 33.1. The zero-order valence-corrected chi connectivity index (χ0v) is 34.6. The number of aliphatic carboxylic acids is 1. The number of carboxylic acid groups (broad SMARTS) is 1. The van der Waals surface area contributed by atoms with Crippen LogP contribution in [-0.2, 0) is 50.0 Å². The molecule has 0 saturated carbocycles. The first-order chi connectivity index (χ1) is 29.1. The van der Waals surface area contributed by atoms with E-state index in [-0.39, 0.29) is 31.1 Å². The number of carbonyl (C=O) groups is 4. The zero-order chi connectivity index (χ0) is 43.4. The van der Waals surface area contributed by atoms with E-state index in [2.05, 4.69) is 21.7 Å². The van der Waals surface area contributed by atoms with E-state index in [0.29, 0.717) is 50.0 Å². The number of fused-ring (bicyclic) bond motifs is 2. The van der Waals surface area contributed by atoms with Crippen LogP contribution in [0.3, 0.4) is 0 Å². The van der Waals surface area contributed by atoms with Gasteiger partial charge < -0.3 is 34.8 Å². The molecule has 3 N–H and O–H groups in total. The molecule has 1 unspecified atom stereocenters. The van der Waals surface area contributed by atoms with Crippen LogP contribution >= 0.6 is 23.2 Å². The maximum atomic E-state index is 14.0. The van der Waals surface area contributed by atoms with Crippen LogP contribution in [0.2, 0.25) is 10.2 Å². The number of aromatic nitrogens is 1. The first-order valence-electron chi connectivity index (χ1n) is 19.1. The number of halogens is 2. The quantitative estimate of drug-likeness (QED) is 0.0859. The summed E-state index contributed by atoms with van der Waals surface area (Å²) in [6, 6.07) is 25.8. The summed E-state index contributed by atoms with van der Waals surface area (Å²) >= 11 is 12.0. The third kappa shape index (κ3) is 10.4. The number of carbonyl (C=O) groups excluding carboxylic acids is 3. The summed E-state index contributed by atoms with van der Waals surface area (Å²) in [5.74, 6) is -1.49. The number of ether oxygens (including phenoxy) is 3. The Balaban J connectivity index is 1.06. The number of pyridine rings is 1. The molecule has 3 atom stereocenters. The average molecular weight is 865 g/mol. The average Bonchev–Trinajstić information content (AvgIpc) is 3.22. The summed E-state index contributed by atoms with van der Waals surface area (Å²) in [6.07, 6.45) is -0.532. The summed E-state index contributed by atoms with van der Waals surface area (Å²) in [5.41, 5.74) is 4.99. The molecule has 16 heteroatoms. The lowest BCUT2D eigenvalue weighted by atomic mass is 9.93. The SMILES string of the molecule is CC(C)(C)OC(=O)ON1Cc2cc3c(cc2CC1C(=O)N[C@@H](Cc1ccc(-c2ccc(C#N)cc2)cc1)C(=O)O)NC(=O)[C@H](c1ccc(OCc2cnc(Cl)c(Cl)c2)cc1)O3. The predicted octanol–water partition coefficient (Wildman–Crippen LogP) is 7.98. The fraction of sp³-hybridized carbons (Fsp3) is 0.244. The maximum Gasteiger partial charge on any atom is 0.528 e. The first-order valence-corrected chi connectivity index (χ1v) is 19.8. The van der Waals surface area contributed by atoms with Gasteiger partial charge in [-0.2, -0.15) is 5.26 Å². The molecular formula is C45H39Cl2N5O9. The lowest BCUT2D eigenvalue weighted by Crippen LogP contribution is -2.55. The number of hydrogen-bond acceptors (Lipinski definition) is 11. The van der Waals surface area contributed by atoms with Crippen molar-refractivity contribution in [2.75, 3.05) is 5.32 Å². The van der Waals surface area contributed by atoms with Crippen LogP contribution in [0.1, 0.15) is 60.3 Å². The molecule has 0 radical (unpaired) electrons. The predicted molar refractivity (Wildman–Crippen MR) is 224 cm³/mol. The molecule has 3 heterocycles. The number of anilines is 1. The van der Waals surface area contributed by atoms with Crippen molar-refractivity contribution in [3.8, 4) is 28.7 Å². The molecule has 5 aromatic rings. The third-order valence-electron chi connectivity index (χ3n) is 9.81. The van der Waals surface area contributed by atoms with E-state index in [4.69, 9.17) is 47.5 Å². The molecule has 0 bridgehead atoms. The summed E-state index contributed by atoms with van der Waals surface area (Å²) < 4.78 is 17.5. The summed E-state index contributed by atoms with van der Waals surface area (Å²) in [6.45, 7) is 5.11. The van der Waals surface area contributed by atoms with Crippen LogP contribution in [0.25, 0.3) is 11.1 Å². The number of hydrogen-bond donors (Lipinski definition) is 3. The fourth-order valence-corrected chi connectivity index (χ4v) is 7.08. The normalized spacial score (nSPS) is 16.4. The van der Waals surface area contributed by atoms with E-state index in [1.807, 2.05) is 24.3 Å². The van der Waals surface area contributed by atoms with E-state index in [1.165, 1.54) is 0 Å². The second kappa shape index (κ2) is 17.9. The summed E-state index contributed by atoms with van der Waals surface area (Å²) in [5, 5.41) is 26.5. The van der Waals surface area contributed by atoms with Crippen LogP contribution in [0.15, 0.2) is 97.2 Å². The van der Waals surface area contributed by atoms with Crippen LogP contribution in [0.5, 0.6) is 11.5 Å². The Labute approximate surface area is 360 Å². The fourth-order valence-electron chi connectivity index (χ4n) is 6.79. The highest BCUT2D eigenvalue weighted by molar-refractivity contribution is 6.41. The number of amides is 2.